The van der Waals surface area contributed by atoms with E-state index in [2.05, 4.69) is 10.3 Å². The van der Waals surface area contributed by atoms with Gasteiger partial charge >= 0.3 is 0 Å². The predicted molar refractivity (Wildman–Crippen MR) is 131 cm³/mol. The molecule has 0 saturated heterocycles. The van der Waals surface area contributed by atoms with Gasteiger partial charge in [0.1, 0.15) is 5.75 Å². The topological polar surface area (TPSA) is 109 Å². The average molecular weight is 491 g/mol. The Morgan fingerprint density at radius 2 is 1.83 bits per heavy atom. The van der Waals surface area contributed by atoms with Crippen molar-refractivity contribution in [1.29, 1.82) is 0 Å². The van der Waals surface area contributed by atoms with E-state index in [0.717, 1.165) is 5.56 Å². The van der Waals surface area contributed by atoms with Gasteiger partial charge in [-0.05, 0) is 43.7 Å². The maximum absolute atomic E-state index is 12.4. The summed E-state index contributed by atoms with van der Waals surface area (Å²) in [6.07, 6.45) is -0.0422. The second-order valence-corrected chi connectivity index (χ2v) is 9.20. The number of thiazole rings is 1. The number of nitrogens with zero attached hydrogens (tertiary/aromatic N) is 3. The summed E-state index contributed by atoms with van der Waals surface area (Å²) >= 11 is 1.29. The van der Waals surface area contributed by atoms with E-state index in [1.165, 1.54) is 16.2 Å². The number of likely N-dealkylation sites (N-methyl/N-ethyl adjacent to an activating group) is 1. The molecule has 3 aromatic rings. The number of carbonyl (C=O) groups is 4. The minimum atomic E-state index is -0.531. The van der Waals surface area contributed by atoms with Crippen LogP contribution in [0.15, 0.2) is 47.8 Å². The molecule has 2 aromatic carbocycles. The van der Waals surface area contributed by atoms with E-state index < -0.39 is 6.10 Å². The normalized spacial score (nSPS) is 16.7. The zero-order valence-electron chi connectivity index (χ0n) is 19.1. The van der Waals surface area contributed by atoms with Gasteiger partial charge in [-0.15, -0.1) is 11.3 Å². The van der Waals surface area contributed by atoms with Gasteiger partial charge in [-0.1, -0.05) is 12.1 Å². The number of amides is 4. The van der Waals surface area contributed by atoms with Gasteiger partial charge in [-0.25, -0.2) is 4.98 Å². The lowest BCUT2D eigenvalue weighted by atomic mass is 10.1. The first kappa shape index (κ1) is 22.7. The Hall–Kier alpha value is -4.05. The van der Waals surface area contributed by atoms with E-state index in [0.29, 0.717) is 39.8 Å². The monoisotopic (exact) mass is 490 g/mol. The van der Waals surface area contributed by atoms with E-state index in [4.69, 9.17) is 4.74 Å². The summed E-state index contributed by atoms with van der Waals surface area (Å²) in [4.78, 5) is 56.7. The third-order valence-electron chi connectivity index (χ3n) is 6.01. The largest absolute Gasteiger partial charge is 0.479 e. The van der Waals surface area contributed by atoms with Crippen molar-refractivity contribution in [2.45, 2.75) is 25.9 Å². The molecule has 3 heterocycles. The van der Waals surface area contributed by atoms with E-state index in [9.17, 15) is 19.2 Å². The van der Waals surface area contributed by atoms with Crippen LogP contribution in [0.25, 0.3) is 11.3 Å². The van der Waals surface area contributed by atoms with E-state index in [1.807, 2.05) is 17.5 Å². The van der Waals surface area contributed by atoms with Gasteiger partial charge in [-0.3, -0.25) is 24.1 Å². The molecule has 1 aromatic heterocycles. The van der Waals surface area contributed by atoms with Gasteiger partial charge in [0.25, 0.3) is 17.7 Å². The Morgan fingerprint density at radius 3 is 2.54 bits per heavy atom. The van der Waals surface area contributed by atoms with Crippen LogP contribution in [0.2, 0.25) is 0 Å². The van der Waals surface area contributed by atoms with Crippen LogP contribution in [0, 0.1) is 0 Å². The number of hydrogen-bond acceptors (Lipinski definition) is 7. The van der Waals surface area contributed by atoms with Crippen LogP contribution in [0.1, 0.15) is 40.5 Å². The lowest BCUT2D eigenvalue weighted by Crippen LogP contribution is -2.41. The summed E-state index contributed by atoms with van der Waals surface area (Å²) in [5.41, 5.74) is 2.92. The zero-order valence-corrected chi connectivity index (χ0v) is 19.9. The predicted octanol–water partition coefficient (Wildman–Crippen LogP) is 3.57. The number of fused-ring (bicyclic) bond motifs is 2. The molecular weight excluding hydrogens is 468 g/mol. The second kappa shape index (κ2) is 8.95. The smallest absolute Gasteiger partial charge is 0.267 e. The zero-order chi connectivity index (χ0) is 24.7. The molecule has 2 aliphatic heterocycles. The van der Waals surface area contributed by atoms with Gasteiger partial charge in [0, 0.05) is 31.0 Å². The first-order valence-corrected chi connectivity index (χ1v) is 12.0. The molecule has 0 saturated carbocycles. The number of imide groups is 1. The maximum atomic E-state index is 12.4. The average Bonchev–Trinajstić information content (AvgIpc) is 3.41. The minimum Gasteiger partial charge on any atom is -0.479 e. The number of aromatic nitrogens is 1. The van der Waals surface area contributed by atoms with Gasteiger partial charge < -0.3 is 15.0 Å². The number of hydrogen-bond donors (Lipinski definition) is 1. The number of nitrogens with one attached hydrogen (secondary N) is 1. The van der Waals surface area contributed by atoms with Crippen LogP contribution < -0.4 is 15.0 Å². The fourth-order valence-corrected chi connectivity index (χ4v) is 4.89. The number of rotatable bonds is 6. The molecule has 1 atom stereocenters. The Balaban J connectivity index is 1.18. The van der Waals surface area contributed by atoms with Crippen molar-refractivity contribution in [1.82, 2.24) is 9.88 Å². The number of benzene rings is 2. The van der Waals surface area contributed by atoms with Crippen molar-refractivity contribution >= 4 is 45.8 Å². The van der Waals surface area contributed by atoms with Crippen LogP contribution in [0.5, 0.6) is 5.75 Å². The van der Waals surface area contributed by atoms with Crippen LogP contribution in [0.4, 0.5) is 10.8 Å². The second-order valence-electron chi connectivity index (χ2n) is 8.34. The minimum absolute atomic E-state index is 0.123. The number of anilines is 2. The lowest BCUT2D eigenvalue weighted by molar-refractivity contribution is -0.125. The molecule has 178 valence electrons. The van der Waals surface area contributed by atoms with E-state index in [1.54, 1.807) is 49.2 Å². The molecule has 5 rings (SSSR count). The van der Waals surface area contributed by atoms with Gasteiger partial charge in [-0.2, -0.15) is 0 Å². The van der Waals surface area contributed by atoms with Crippen molar-refractivity contribution in [3.8, 4) is 17.0 Å². The maximum Gasteiger partial charge on any atom is 0.267 e. The molecule has 35 heavy (non-hydrogen) atoms. The first-order valence-electron chi connectivity index (χ1n) is 11.1. The van der Waals surface area contributed by atoms with Crippen LogP contribution >= 0.6 is 11.3 Å². The number of carbonyl (C=O) groups excluding carboxylic acids is 4. The van der Waals surface area contributed by atoms with Crippen LogP contribution in [0.3, 0.4) is 0 Å². The van der Waals surface area contributed by atoms with Crippen molar-refractivity contribution in [2.24, 2.45) is 0 Å². The molecular formula is C25H22N4O5S. The number of ether oxygens (including phenoxy) is 1. The van der Waals surface area contributed by atoms with Gasteiger partial charge in [0.2, 0.25) is 5.91 Å². The highest BCUT2D eigenvalue weighted by atomic mass is 32.1. The van der Waals surface area contributed by atoms with Gasteiger partial charge in [0.15, 0.2) is 11.2 Å². The van der Waals surface area contributed by atoms with Crippen molar-refractivity contribution in [2.75, 3.05) is 23.8 Å². The SMILES string of the molecule is C[C@H]1Oc2ccc(-c3csc(NC(=O)CCCN4C(=O)c5ccccc5C4=O)n3)cc2N(C)C1=O. The molecule has 0 spiro atoms. The summed E-state index contributed by atoms with van der Waals surface area (Å²) < 4.78 is 5.66. The fourth-order valence-electron chi connectivity index (χ4n) is 4.16. The third kappa shape index (κ3) is 4.17. The molecule has 0 bridgehead atoms. The quantitative estimate of drug-likeness (QED) is 0.529. The highest BCUT2D eigenvalue weighted by Crippen LogP contribution is 2.37. The van der Waals surface area contributed by atoms with Crippen LogP contribution in [-0.2, 0) is 9.59 Å². The molecule has 9 nitrogen and oxygen atoms in total. The third-order valence-corrected chi connectivity index (χ3v) is 6.77. The summed E-state index contributed by atoms with van der Waals surface area (Å²) in [6.45, 7) is 1.88. The summed E-state index contributed by atoms with van der Waals surface area (Å²) in [5, 5.41) is 5.04. The fraction of sp³-hybridized carbons (Fsp3) is 0.240. The highest BCUT2D eigenvalue weighted by molar-refractivity contribution is 7.14. The molecule has 4 amide bonds. The molecule has 0 fully saturated rings. The lowest BCUT2D eigenvalue weighted by Gasteiger charge is -2.30. The summed E-state index contributed by atoms with van der Waals surface area (Å²) in [7, 11) is 1.71. The Labute approximate surface area is 205 Å². The molecule has 2 aliphatic rings. The molecule has 0 unspecified atom stereocenters. The Kier molecular flexibility index (Phi) is 5.81. The van der Waals surface area contributed by atoms with Crippen molar-refractivity contribution in [3.63, 3.8) is 0 Å². The van der Waals surface area contributed by atoms with Gasteiger partial charge in [0.05, 0.1) is 22.5 Å². The van der Waals surface area contributed by atoms with Crippen LogP contribution in [-0.4, -0.2) is 53.2 Å². The van der Waals surface area contributed by atoms with Crippen molar-refractivity contribution in [3.05, 3.63) is 59.0 Å². The Morgan fingerprint density at radius 1 is 1.11 bits per heavy atom. The molecule has 0 aliphatic carbocycles. The molecule has 10 heteroatoms. The van der Waals surface area contributed by atoms with E-state index >= 15 is 0 Å². The molecule has 0 radical (unpaired) electrons. The molecule has 1 N–H and O–H groups in total. The summed E-state index contributed by atoms with van der Waals surface area (Å²) in [6, 6.07) is 12.2. The van der Waals surface area contributed by atoms with E-state index in [-0.39, 0.29) is 36.6 Å². The first-order chi connectivity index (χ1) is 16.8. The standard InChI is InChI=1S/C25H22N4O5S/c1-14-22(31)28(2)19-12-15(9-10-20(19)34-14)18-13-35-25(26-18)27-21(30)8-5-11-29-23(32)16-6-3-4-7-17(16)24(29)33/h3-4,6-7,9-10,12-14H,5,8,11H2,1-2H3,(H,26,27,30)/t14-/m1/s1. The summed E-state index contributed by atoms with van der Waals surface area (Å²) in [5.74, 6) is -0.395. The Bertz CT molecular complexity index is 1330. The highest BCUT2D eigenvalue weighted by Gasteiger charge is 2.34. The van der Waals surface area contributed by atoms with Crippen molar-refractivity contribution < 1.29 is 23.9 Å².